The van der Waals surface area contributed by atoms with Gasteiger partial charge in [0.05, 0.1) is 12.2 Å². The Morgan fingerprint density at radius 3 is 2.69 bits per heavy atom. The number of aromatic nitrogens is 2. The summed E-state index contributed by atoms with van der Waals surface area (Å²) in [6, 6.07) is 10.1. The lowest BCUT2D eigenvalue weighted by Gasteiger charge is -2.22. The Hall–Kier alpha value is -1.74. The molecule has 8 heteroatoms. The van der Waals surface area contributed by atoms with E-state index in [0.717, 1.165) is 24.9 Å². The van der Waals surface area contributed by atoms with Gasteiger partial charge in [-0.05, 0) is 18.4 Å². The van der Waals surface area contributed by atoms with Crippen molar-refractivity contribution in [3.8, 4) is 0 Å². The first-order valence-corrected chi connectivity index (χ1v) is 10.5. The second-order valence-electron chi connectivity index (χ2n) is 6.90. The van der Waals surface area contributed by atoms with E-state index in [1.807, 2.05) is 30.3 Å². The summed E-state index contributed by atoms with van der Waals surface area (Å²) in [5.41, 5.74) is 1.14. The zero-order chi connectivity index (χ0) is 18.0. The van der Waals surface area contributed by atoms with E-state index in [4.69, 9.17) is 4.74 Å². The van der Waals surface area contributed by atoms with Crippen LogP contribution < -0.4 is 10.0 Å². The SMILES string of the molecule is O=S(=O)(N[C@@H]1CNC[C@H]1c1ccccc1)c1cnn(C2CCOCC2)c1. The van der Waals surface area contributed by atoms with Crippen LogP contribution in [0.15, 0.2) is 47.6 Å². The second-order valence-corrected chi connectivity index (χ2v) is 8.62. The molecule has 4 rings (SSSR count). The van der Waals surface area contributed by atoms with Crippen molar-refractivity contribution in [1.82, 2.24) is 19.8 Å². The molecule has 3 heterocycles. The normalized spacial score (nSPS) is 24.8. The van der Waals surface area contributed by atoms with E-state index >= 15 is 0 Å². The van der Waals surface area contributed by atoms with Crippen molar-refractivity contribution in [2.45, 2.75) is 35.7 Å². The number of hydrogen-bond acceptors (Lipinski definition) is 5. The lowest BCUT2D eigenvalue weighted by Crippen LogP contribution is -2.39. The molecule has 0 bridgehead atoms. The van der Waals surface area contributed by atoms with Gasteiger partial charge in [0.15, 0.2) is 0 Å². The van der Waals surface area contributed by atoms with Gasteiger partial charge in [-0.1, -0.05) is 30.3 Å². The smallest absolute Gasteiger partial charge is 0.244 e. The minimum atomic E-state index is -3.61. The van der Waals surface area contributed by atoms with Crippen LogP contribution in [-0.4, -0.2) is 50.5 Å². The summed E-state index contributed by atoms with van der Waals surface area (Å²) in [6.45, 7) is 2.76. The van der Waals surface area contributed by atoms with Crippen LogP contribution in [-0.2, 0) is 14.8 Å². The fourth-order valence-electron chi connectivity index (χ4n) is 3.73. The van der Waals surface area contributed by atoms with Crippen molar-refractivity contribution in [2.75, 3.05) is 26.3 Å². The minimum absolute atomic E-state index is 0.122. The molecule has 140 valence electrons. The van der Waals surface area contributed by atoms with Crippen molar-refractivity contribution < 1.29 is 13.2 Å². The van der Waals surface area contributed by atoms with Gasteiger partial charge in [0, 0.05) is 44.5 Å². The summed E-state index contributed by atoms with van der Waals surface area (Å²) in [5, 5.41) is 7.57. The van der Waals surface area contributed by atoms with Gasteiger partial charge < -0.3 is 10.1 Å². The van der Waals surface area contributed by atoms with Gasteiger partial charge in [-0.25, -0.2) is 13.1 Å². The first-order valence-electron chi connectivity index (χ1n) is 9.03. The summed E-state index contributed by atoms with van der Waals surface area (Å²) in [5.74, 6) is 0.122. The molecule has 2 N–H and O–H groups in total. The molecule has 0 radical (unpaired) electrons. The van der Waals surface area contributed by atoms with Crippen LogP contribution in [0.3, 0.4) is 0 Å². The Bertz CT molecular complexity index is 831. The van der Waals surface area contributed by atoms with Gasteiger partial charge in [-0.2, -0.15) is 5.10 Å². The summed E-state index contributed by atoms with van der Waals surface area (Å²) < 4.78 is 35.7. The average molecular weight is 376 g/mol. The topological polar surface area (TPSA) is 85.3 Å². The molecule has 0 saturated carbocycles. The van der Waals surface area contributed by atoms with E-state index in [0.29, 0.717) is 19.8 Å². The van der Waals surface area contributed by atoms with Gasteiger partial charge in [-0.3, -0.25) is 4.68 Å². The predicted octanol–water partition coefficient (Wildman–Crippen LogP) is 1.27. The first kappa shape index (κ1) is 17.7. The molecular formula is C18H24N4O3S. The highest BCUT2D eigenvalue weighted by atomic mass is 32.2. The monoisotopic (exact) mass is 376 g/mol. The zero-order valence-electron chi connectivity index (χ0n) is 14.5. The summed E-state index contributed by atoms with van der Waals surface area (Å²) in [6.07, 6.45) is 4.80. The van der Waals surface area contributed by atoms with Gasteiger partial charge in [-0.15, -0.1) is 0 Å². The van der Waals surface area contributed by atoms with Gasteiger partial charge in [0.2, 0.25) is 10.0 Å². The average Bonchev–Trinajstić information content (AvgIpc) is 3.33. The molecular weight excluding hydrogens is 352 g/mol. The fraction of sp³-hybridized carbons (Fsp3) is 0.500. The Balaban J connectivity index is 1.49. The van der Waals surface area contributed by atoms with Gasteiger partial charge in [0.25, 0.3) is 0 Å². The summed E-state index contributed by atoms with van der Waals surface area (Å²) in [4.78, 5) is 0.225. The highest BCUT2D eigenvalue weighted by Crippen LogP contribution is 2.25. The van der Waals surface area contributed by atoms with Crippen LogP contribution in [0, 0.1) is 0 Å². The number of benzene rings is 1. The fourth-order valence-corrected chi connectivity index (χ4v) is 4.94. The van der Waals surface area contributed by atoms with E-state index in [2.05, 4.69) is 15.1 Å². The molecule has 2 saturated heterocycles. The van der Waals surface area contributed by atoms with Crippen molar-refractivity contribution >= 4 is 10.0 Å². The number of hydrogen-bond donors (Lipinski definition) is 2. The zero-order valence-corrected chi connectivity index (χ0v) is 15.4. The van der Waals surface area contributed by atoms with Crippen molar-refractivity contribution in [3.63, 3.8) is 0 Å². The third kappa shape index (κ3) is 3.68. The van der Waals surface area contributed by atoms with Crippen molar-refractivity contribution in [3.05, 3.63) is 48.3 Å². The molecule has 26 heavy (non-hydrogen) atoms. The third-order valence-corrected chi connectivity index (χ3v) is 6.65. The second kappa shape index (κ2) is 7.48. The summed E-state index contributed by atoms with van der Waals surface area (Å²) >= 11 is 0. The molecule has 2 aliphatic rings. The molecule has 0 amide bonds. The standard InChI is InChI=1S/C18H24N4O3S/c23-26(24,16-10-20-22(13-16)15-6-8-25-9-7-15)21-18-12-19-11-17(18)14-4-2-1-3-5-14/h1-5,10,13,15,17-19,21H,6-9,11-12H2/t17-,18+/m0/s1. The van der Waals surface area contributed by atoms with Crippen LogP contribution in [0.5, 0.6) is 0 Å². The molecule has 2 atom stereocenters. The van der Waals surface area contributed by atoms with Crippen molar-refractivity contribution in [1.29, 1.82) is 0 Å². The number of sulfonamides is 1. The quantitative estimate of drug-likeness (QED) is 0.821. The number of nitrogens with zero attached hydrogens (tertiary/aromatic N) is 2. The minimum Gasteiger partial charge on any atom is -0.381 e. The largest absolute Gasteiger partial charge is 0.381 e. The molecule has 2 aliphatic heterocycles. The molecule has 0 aliphatic carbocycles. The number of nitrogens with one attached hydrogen (secondary N) is 2. The molecule has 1 aromatic carbocycles. The highest BCUT2D eigenvalue weighted by molar-refractivity contribution is 7.89. The predicted molar refractivity (Wildman–Crippen MR) is 97.5 cm³/mol. The molecule has 7 nitrogen and oxygen atoms in total. The molecule has 2 fully saturated rings. The lowest BCUT2D eigenvalue weighted by atomic mass is 9.95. The van der Waals surface area contributed by atoms with Gasteiger partial charge >= 0.3 is 0 Å². The highest BCUT2D eigenvalue weighted by Gasteiger charge is 2.33. The van der Waals surface area contributed by atoms with E-state index in [9.17, 15) is 8.42 Å². The first-order chi connectivity index (χ1) is 12.6. The van der Waals surface area contributed by atoms with Crippen LogP contribution in [0.4, 0.5) is 0 Å². The Morgan fingerprint density at radius 1 is 1.15 bits per heavy atom. The lowest BCUT2D eigenvalue weighted by molar-refractivity contribution is 0.0662. The van der Waals surface area contributed by atoms with Crippen LogP contribution in [0.2, 0.25) is 0 Å². The van der Waals surface area contributed by atoms with E-state index < -0.39 is 10.0 Å². The summed E-state index contributed by atoms with van der Waals surface area (Å²) in [7, 11) is -3.61. The molecule has 0 spiro atoms. The number of rotatable bonds is 5. The van der Waals surface area contributed by atoms with Gasteiger partial charge in [0.1, 0.15) is 4.90 Å². The van der Waals surface area contributed by atoms with Crippen LogP contribution in [0.1, 0.15) is 30.4 Å². The van der Waals surface area contributed by atoms with Crippen molar-refractivity contribution in [2.24, 2.45) is 0 Å². The number of ether oxygens (including phenoxy) is 1. The van der Waals surface area contributed by atoms with Crippen LogP contribution in [0.25, 0.3) is 0 Å². The Morgan fingerprint density at radius 2 is 1.92 bits per heavy atom. The maximum absolute atomic E-state index is 12.8. The maximum Gasteiger partial charge on any atom is 0.244 e. The Labute approximate surface area is 153 Å². The molecule has 1 aromatic heterocycles. The molecule has 0 unspecified atom stereocenters. The van der Waals surface area contributed by atoms with E-state index in [-0.39, 0.29) is 22.9 Å². The van der Waals surface area contributed by atoms with E-state index in [1.165, 1.54) is 6.20 Å². The van der Waals surface area contributed by atoms with Crippen LogP contribution >= 0.6 is 0 Å². The maximum atomic E-state index is 12.8. The Kier molecular flexibility index (Phi) is 5.08. The van der Waals surface area contributed by atoms with E-state index in [1.54, 1.807) is 10.9 Å². The molecule has 2 aromatic rings. The third-order valence-electron chi connectivity index (χ3n) is 5.20.